The highest BCUT2D eigenvalue weighted by atomic mass is 16.7. The number of cyclic esters (lactones) is 1. The first-order valence-electron chi connectivity index (χ1n) is 15.7. The van der Waals surface area contributed by atoms with Gasteiger partial charge in [0.05, 0.1) is 23.9 Å². The van der Waals surface area contributed by atoms with Crippen molar-refractivity contribution in [1.82, 2.24) is 0 Å². The van der Waals surface area contributed by atoms with Crippen molar-refractivity contribution in [3.05, 3.63) is 11.6 Å². The normalized spacial score (nSPS) is 51.2. The molecule has 0 bridgehead atoms. The van der Waals surface area contributed by atoms with Gasteiger partial charge in [-0.3, -0.25) is 4.79 Å². The van der Waals surface area contributed by atoms with Crippen LogP contribution >= 0.6 is 0 Å². The number of hydrogen-bond donors (Lipinski definition) is 2. The smallest absolute Gasteiger partial charge is 0.331 e. The fourth-order valence-corrected chi connectivity index (χ4v) is 10.4. The molecule has 6 rings (SSSR count). The number of aliphatic hydroxyl groups is 2. The van der Waals surface area contributed by atoms with Crippen molar-refractivity contribution in [3.8, 4) is 0 Å². The Morgan fingerprint density at radius 3 is 2.54 bits per heavy atom. The number of esters is 2. The molecule has 9 heteroatoms. The molecule has 2 N–H and O–H groups in total. The minimum Gasteiger partial charge on any atom is -0.462 e. The number of fused-ring (bicyclic) bond motifs is 5. The Balaban J connectivity index is 1.19. The molecule has 4 aliphatic carbocycles. The monoisotopic (exact) mass is 576 g/mol. The van der Waals surface area contributed by atoms with Crippen LogP contribution in [0.15, 0.2) is 11.6 Å². The molecule has 0 amide bonds. The van der Waals surface area contributed by atoms with E-state index in [0.717, 1.165) is 50.5 Å². The van der Waals surface area contributed by atoms with Crippen molar-refractivity contribution in [3.63, 3.8) is 0 Å². The summed E-state index contributed by atoms with van der Waals surface area (Å²) in [5, 5.41) is 23.0. The highest BCUT2D eigenvalue weighted by Gasteiger charge is 2.71. The Bertz CT molecular complexity index is 1080. The third-order valence-electron chi connectivity index (χ3n) is 12.5. The van der Waals surface area contributed by atoms with Gasteiger partial charge in [-0.1, -0.05) is 13.8 Å². The molecule has 2 aliphatic heterocycles. The molecule has 13 atom stereocenters. The number of rotatable bonds is 5. The quantitative estimate of drug-likeness (QED) is 0.373. The minimum absolute atomic E-state index is 0.0898. The Morgan fingerprint density at radius 1 is 1.07 bits per heavy atom. The SMILES string of the molecule is COC1CC(O[C@H]2CC[C@]3(C)C4CC[C@]5(C)[C@@H](C6=CC(=O)OC6)[C@@H](OC(C)=O)C[C@]5(O)C4CC[C@@H]3C2)OC(C)C1O. The van der Waals surface area contributed by atoms with Crippen molar-refractivity contribution in [2.24, 2.45) is 34.5 Å². The van der Waals surface area contributed by atoms with Gasteiger partial charge in [-0.2, -0.15) is 0 Å². The van der Waals surface area contributed by atoms with Crippen LogP contribution in [0.25, 0.3) is 0 Å². The van der Waals surface area contributed by atoms with Crippen molar-refractivity contribution >= 4 is 11.9 Å². The summed E-state index contributed by atoms with van der Waals surface area (Å²) in [5.41, 5.74) is -0.559. The van der Waals surface area contributed by atoms with Gasteiger partial charge in [-0.25, -0.2) is 4.79 Å². The molecule has 0 radical (unpaired) electrons. The molecule has 6 aliphatic rings. The lowest BCUT2D eigenvalue weighted by atomic mass is 9.43. The summed E-state index contributed by atoms with van der Waals surface area (Å²) < 4.78 is 29.1. The summed E-state index contributed by atoms with van der Waals surface area (Å²) >= 11 is 0. The molecule has 6 unspecified atom stereocenters. The maximum absolute atomic E-state index is 12.7. The van der Waals surface area contributed by atoms with Gasteiger partial charge in [0.25, 0.3) is 0 Å². The van der Waals surface area contributed by atoms with E-state index in [9.17, 15) is 19.8 Å². The fraction of sp³-hybridized carbons (Fsp3) is 0.875. The van der Waals surface area contributed by atoms with Crippen LogP contribution < -0.4 is 0 Å². The van der Waals surface area contributed by atoms with Crippen molar-refractivity contribution < 1.29 is 43.5 Å². The van der Waals surface area contributed by atoms with E-state index < -0.39 is 23.2 Å². The molecule has 2 heterocycles. The second kappa shape index (κ2) is 10.6. The summed E-state index contributed by atoms with van der Waals surface area (Å²) in [7, 11) is 1.62. The van der Waals surface area contributed by atoms with Gasteiger partial charge >= 0.3 is 11.9 Å². The second-order valence-electron chi connectivity index (χ2n) is 14.3. The highest BCUT2D eigenvalue weighted by Crippen LogP contribution is 2.70. The van der Waals surface area contributed by atoms with E-state index >= 15 is 0 Å². The van der Waals surface area contributed by atoms with E-state index in [1.54, 1.807) is 13.2 Å². The topological polar surface area (TPSA) is 121 Å². The standard InChI is InChI=1S/C32H48O9/c1-17-29(35)24(37-5)14-27(39-17)41-21-8-10-30(3)20(13-21)6-7-23-22(30)9-11-31(4)28(19-12-26(34)38-16-19)25(40-18(2)33)15-32(23,31)36/h12,17,20-25,27-29,35-36H,6-11,13-16H2,1-5H3/t17?,20-,21+,22?,23?,24?,25+,27?,28+,29?,30+,31-,32+/m1/s1. The highest BCUT2D eigenvalue weighted by molar-refractivity contribution is 5.85. The van der Waals surface area contributed by atoms with Gasteiger partial charge in [0, 0.05) is 44.3 Å². The lowest BCUT2D eigenvalue weighted by Crippen LogP contribution is -2.62. The van der Waals surface area contributed by atoms with E-state index in [2.05, 4.69) is 13.8 Å². The van der Waals surface area contributed by atoms with Crippen LogP contribution in [-0.4, -0.2) is 78.3 Å². The lowest BCUT2D eigenvalue weighted by Gasteiger charge is -2.63. The molecule has 5 fully saturated rings. The van der Waals surface area contributed by atoms with E-state index in [0.29, 0.717) is 24.7 Å². The molecule has 0 aromatic rings. The van der Waals surface area contributed by atoms with Crippen molar-refractivity contribution in [1.29, 1.82) is 0 Å². The van der Waals surface area contributed by atoms with E-state index in [1.807, 2.05) is 6.92 Å². The van der Waals surface area contributed by atoms with E-state index in [1.165, 1.54) is 6.92 Å². The second-order valence-corrected chi connectivity index (χ2v) is 14.3. The number of ether oxygens (including phenoxy) is 5. The molecule has 230 valence electrons. The van der Waals surface area contributed by atoms with Crippen LogP contribution in [0.1, 0.15) is 85.5 Å². The van der Waals surface area contributed by atoms with Gasteiger partial charge in [0.2, 0.25) is 0 Å². The summed E-state index contributed by atoms with van der Waals surface area (Å²) in [5.74, 6) is 0.0175. The third-order valence-corrected chi connectivity index (χ3v) is 12.5. The predicted octanol–water partition coefficient (Wildman–Crippen LogP) is 3.68. The Hall–Kier alpha value is -1.52. The van der Waals surface area contributed by atoms with Crippen LogP contribution in [0.2, 0.25) is 0 Å². The first-order valence-corrected chi connectivity index (χ1v) is 15.7. The predicted molar refractivity (Wildman–Crippen MR) is 147 cm³/mol. The molecule has 41 heavy (non-hydrogen) atoms. The summed E-state index contributed by atoms with van der Waals surface area (Å²) in [6, 6.07) is 0. The molecular formula is C32H48O9. The molecule has 1 saturated heterocycles. The minimum atomic E-state index is -0.990. The summed E-state index contributed by atoms with van der Waals surface area (Å²) in [4.78, 5) is 24.2. The summed E-state index contributed by atoms with van der Waals surface area (Å²) in [6.45, 7) is 8.06. The Morgan fingerprint density at radius 2 is 1.85 bits per heavy atom. The van der Waals surface area contributed by atoms with Gasteiger partial charge in [0.15, 0.2) is 6.29 Å². The van der Waals surface area contributed by atoms with Crippen LogP contribution in [0.5, 0.6) is 0 Å². The van der Waals surface area contributed by atoms with Crippen molar-refractivity contribution in [2.45, 2.75) is 128 Å². The number of hydrogen-bond acceptors (Lipinski definition) is 9. The van der Waals surface area contributed by atoms with E-state index in [-0.39, 0.29) is 60.4 Å². The zero-order valence-corrected chi connectivity index (χ0v) is 25.2. The van der Waals surface area contributed by atoms with E-state index in [4.69, 9.17) is 23.7 Å². The molecule has 9 nitrogen and oxygen atoms in total. The Labute approximate surface area is 243 Å². The molecule has 0 aromatic heterocycles. The largest absolute Gasteiger partial charge is 0.462 e. The molecule has 0 spiro atoms. The zero-order chi connectivity index (χ0) is 29.3. The van der Waals surface area contributed by atoms with Crippen LogP contribution in [0, 0.1) is 34.5 Å². The third kappa shape index (κ3) is 4.69. The number of aliphatic hydroxyl groups excluding tert-OH is 1. The molecule has 0 aromatic carbocycles. The number of carbonyl (C=O) groups excluding carboxylic acids is 2. The van der Waals surface area contributed by atoms with Gasteiger partial charge in [0.1, 0.15) is 18.8 Å². The number of methoxy groups -OCH3 is 1. The first kappa shape index (κ1) is 29.5. The molecular weight excluding hydrogens is 528 g/mol. The maximum Gasteiger partial charge on any atom is 0.331 e. The van der Waals surface area contributed by atoms with Gasteiger partial charge in [-0.05, 0) is 80.6 Å². The van der Waals surface area contributed by atoms with Crippen LogP contribution in [0.3, 0.4) is 0 Å². The molecule has 4 saturated carbocycles. The zero-order valence-electron chi connectivity index (χ0n) is 25.2. The maximum atomic E-state index is 12.7. The fourth-order valence-electron chi connectivity index (χ4n) is 10.4. The van der Waals surface area contributed by atoms with Gasteiger partial charge in [-0.15, -0.1) is 0 Å². The first-order chi connectivity index (χ1) is 19.4. The number of carbonyl (C=O) groups is 2. The average Bonchev–Trinajstić information content (AvgIpc) is 3.42. The lowest BCUT2D eigenvalue weighted by molar-refractivity contribution is -0.273. The Kier molecular flexibility index (Phi) is 7.62. The van der Waals surface area contributed by atoms with Crippen molar-refractivity contribution in [2.75, 3.05) is 13.7 Å². The van der Waals surface area contributed by atoms with Crippen LogP contribution in [-0.2, 0) is 33.3 Å². The van der Waals surface area contributed by atoms with Gasteiger partial charge < -0.3 is 33.9 Å². The van der Waals surface area contributed by atoms with Crippen LogP contribution in [0.4, 0.5) is 0 Å². The summed E-state index contributed by atoms with van der Waals surface area (Å²) in [6.07, 6.45) is 7.14. The average molecular weight is 577 g/mol.